The van der Waals surface area contributed by atoms with Gasteiger partial charge in [0.2, 0.25) is 0 Å². The third kappa shape index (κ3) is 4.58. The number of nitrogens with zero attached hydrogens (tertiary/aromatic N) is 4. The molecule has 0 radical (unpaired) electrons. The second-order valence-electron chi connectivity index (χ2n) is 7.91. The van der Waals surface area contributed by atoms with Crippen molar-refractivity contribution >= 4 is 17.5 Å². The van der Waals surface area contributed by atoms with Gasteiger partial charge in [0.15, 0.2) is 0 Å². The highest BCUT2D eigenvalue weighted by molar-refractivity contribution is 6.08. The first-order valence-electron chi connectivity index (χ1n) is 11.1. The number of rotatable bonds is 7. The first-order chi connectivity index (χ1) is 17.5. The Labute approximate surface area is 206 Å². The van der Waals surface area contributed by atoms with Gasteiger partial charge in [-0.15, -0.1) is 0 Å². The number of anilines is 1. The molecule has 0 bridgehead atoms. The van der Waals surface area contributed by atoms with E-state index in [4.69, 9.17) is 15.6 Å². The maximum absolute atomic E-state index is 13.4. The normalized spacial score (nSPS) is 10.7. The molecule has 36 heavy (non-hydrogen) atoms. The Bertz CT molecular complexity index is 1540. The molecule has 0 saturated heterocycles. The van der Waals surface area contributed by atoms with E-state index in [1.54, 1.807) is 54.5 Å². The molecule has 0 saturated carbocycles. The number of carbonyl (C=O) groups excluding carboxylic acids is 2. The topological polar surface area (TPSA) is 117 Å². The fraction of sp³-hybridized carbons (Fsp3) is 0.0370. The van der Waals surface area contributed by atoms with Gasteiger partial charge in [-0.05, 0) is 54.6 Å². The van der Waals surface area contributed by atoms with E-state index in [0.29, 0.717) is 22.7 Å². The van der Waals surface area contributed by atoms with Gasteiger partial charge in [0, 0.05) is 23.6 Å². The van der Waals surface area contributed by atoms with E-state index in [1.165, 1.54) is 4.68 Å². The van der Waals surface area contributed by atoms with E-state index in [2.05, 4.69) is 10.4 Å². The van der Waals surface area contributed by atoms with Crippen LogP contribution in [0.25, 0.3) is 22.6 Å². The standard InChI is InChI=1S/C27H22N6O3/c1-36-22-9-5-6-18(16-22)25-23(17-33(31-25)20-7-3-2-4-8-20)27(35)29-19-10-12-21(13-11-19)32-15-14-24(30-32)26(28)34/h2-17H,1H3,(H2,28,34)(H,29,35). The van der Waals surface area contributed by atoms with Crippen LogP contribution in [0.2, 0.25) is 0 Å². The third-order valence-electron chi connectivity index (χ3n) is 5.55. The molecule has 0 fully saturated rings. The Morgan fingerprint density at radius 2 is 1.61 bits per heavy atom. The third-order valence-corrected chi connectivity index (χ3v) is 5.55. The van der Waals surface area contributed by atoms with E-state index < -0.39 is 5.91 Å². The van der Waals surface area contributed by atoms with Crippen molar-refractivity contribution in [1.29, 1.82) is 0 Å². The van der Waals surface area contributed by atoms with Gasteiger partial charge < -0.3 is 15.8 Å². The molecule has 9 nitrogen and oxygen atoms in total. The Balaban J connectivity index is 1.45. The van der Waals surface area contributed by atoms with Gasteiger partial charge in [-0.1, -0.05) is 30.3 Å². The molecule has 0 atom stereocenters. The Morgan fingerprint density at radius 3 is 2.31 bits per heavy atom. The number of hydrogen-bond acceptors (Lipinski definition) is 5. The smallest absolute Gasteiger partial charge is 0.269 e. The Hall–Kier alpha value is -5.18. The largest absolute Gasteiger partial charge is 0.497 e. The van der Waals surface area contributed by atoms with Gasteiger partial charge in [0.25, 0.3) is 11.8 Å². The minimum absolute atomic E-state index is 0.174. The first-order valence-corrected chi connectivity index (χ1v) is 11.1. The van der Waals surface area contributed by atoms with Crippen molar-refractivity contribution in [2.24, 2.45) is 5.73 Å². The van der Waals surface area contributed by atoms with E-state index in [9.17, 15) is 9.59 Å². The molecule has 0 aliphatic rings. The maximum Gasteiger partial charge on any atom is 0.269 e. The van der Waals surface area contributed by atoms with Gasteiger partial charge in [0.05, 0.1) is 24.0 Å². The summed E-state index contributed by atoms with van der Waals surface area (Å²) in [4.78, 5) is 24.7. The van der Waals surface area contributed by atoms with Crippen LogP contribution in [-0.4, -0.2) is 38.5 Å². The lowest BCUT2D eigenvalue weighted by Gasteiger charge is -2.08. The van der Waals surface area contributed by atoms with E-state index in [0.717, 1.165) is 16.9 Å². The number of hydrogen-bond donors (Lipinski definition) is 2. The summed E-state index contributed by atoms with van der Waals surface area (Å²) in [6.45, 7) is 0. The van der Waals surface area contributed by atoms with Gasteiger partial charge >= 0.3 is 0 Å². The molecular formula is C27H22N6O3. The molecule has 3 N–H and O–H groups in total. The van der Waals surface area contributed by atoms with Gasteiger partial charge in [-0.3, -0.25) is 9.59 Å². The molecule has 3 aromatic carbocycles. The molecule has 9 heteroatoms. The first kappa shape index (κ1) is 22.6. The second kappa shape index (κ2) is 9.59. The van der Waals surface area contributed by atoms with Crippen molar-refractivity contribution in [3.63, 3.8) is 0 Å². The number of carbonyl (C=O) groups is 2. The number of ether oxygens (including phenoxy) is 1. The molecule has 0 spiro atoms. The number of amides is 2. The van der Waals surface area contributed by atoms with Crippen molar-refractivity contribution in [3.05, 3.63) is 109 Å². The second-order valence-corrected chi connectivity index (χ2v) is 7.91. The summed E-state index contributed by atoms with van der Waals surface area (Å²) in [5.74, 6) is -0.236. The lowest BCUT2D eigenvalue weighted by Crippen LogP contribution is -2.13. The van der Waals surface area contributed by atoms with Crippen LogP contribution in [0.15, 0.2) is 97.3 Å². The number of nitrogens with one attached hydrogen (secondary N) is 1. The zero-order valence-corrected chi connectivity index (χ0v) is 19.3. The van der Waals surface area contributed by atoms with Gasteiger partial charge in [0.1, 0.15) is 17.1 Å². The average molecular weight is 479 g/mol. The van der Waals surface area contributed by atoms with Crippen molar-refractivity contribution in [1.82, 2.24) is 19.6 Å². The summed E-state index contributed by atoms with van der Waals surface area (Å²) in [7, 11) is 1.59. The summed E-state index contributed by atoms with van der Waals surface area (Å²) in [6, 6.07) is 25.6. The van der Waals surface area contributed by atoms with E-state index in [1.807, 2.05) is 54.6 Å². The minimum Gasteiger partial charge on any atom is -0.497 e. The zero-order chi connectivity index (χ0) is 25.1. The monoisotopic (exact) mass is 478 g/mol. The minimum atomic E-state index is -0.597. The van der Waals surface area contributed by atoms with Crippen LogP contribution in [0.1, 0.15) is 20.8 Å². The molecule has 178 valence electrons. The molecule has 2 aromatic heterocycles. The molecule has 0 aliphatic heterocycles. The molecule has 0 aliphatic carbocycles. The van der Waals surface area contributed by atoms with Gasteiger partial charge in [-0.2, -0.15) is 10.2 Å². The summed E-state index contributed by atoms with van der Waals surface area (Å²) >= 11 is 0. The number of nitrogens with two attached hydrogens (primary N) is 1. The van der Waals surface area contributed by atoms with Crippen LogP contribution in [-0.2, 0) is 0 Å². The summed E-state index contributed by atoms with van der Waals surface area (Å²) in [5.41, 5.74) is 9.29. The highest BCUT2D eigenvalue weighted by Crippen LogP contribution is 2.28. The lowest BCUT2D eigenvalue weighted by molar-refractivity contribution is 0.0993. The van der Waals surface area contributed by atoms with E-state index in [-0.39, 0.29) is 11.6 Å². The van der Waals surface area contributed by atoms with Crippen LogP contribution >= 0.6 is 0 Å². The summed E-state index contributed by atoms with van der Waals surface area (Å²) < 4.78 is 8.58. The van der Waals surface area contributed by atoms with Crippen LogP contribution in [0, 0.1) is 0 Å². The van der Waals surface area contributed by atoms with Crippen molar-refractivity contribution in [3.8, 4) is 28.4 Å². The van der Waals surface area contributed by atoms with Crippen LogP contribution in [0.3, 0.4) is 0 Å². The highest BCUT2D eigenvalue weighted by Gasteiger charge is 2.19. The zero-order valence-electron chi connectivity index (χ0n) is 19.3. The summed E-state index contributed by atoms with van der Waals surface area (Å²) in [5, 5.41) is 11.8. The number of para-hydroxylation sites is 1. The predicted molar refractivity (Wildman–Crippen MR) is 136 cm³/mol. The Morgan fingerprint density at radius 1 is 0.861 bits per heavy atom. The predicted octanol–water partition coefficient (Wildman–Crippen LogP) is 4.08. The molecular weight excluding hydrogens is 456 g/mol. The summed E-state index contributed by atoms with van der Waals surface area (Å²) in [6.07, 6.45) is 3.36. The number of benzene rings is 3. The average Bonchev–Trinajstić information content (AvgIpc) is 3.58. The Kier molecular flexibility index (Phi) is 6.02. The fourth-order valence-electron chi connectivity index (χ4n) is 3.73. The van der Waals surface area contributed by atoms with Crippen LogP contribution < -0.4 is 15.8 Å². The number of aromatic nitrogens is 4. The van der Waals surface area contributed by atoms with Crippen LogP contribution in [0.5, 0.6) is 5.75 Å². The van der Waals surface area contributed by atoms with Gasteiger partial charge in [-0.25, -0.2) is 9.36 Å². The molecule has 2 amide bonds. The molecule has 5 rings (SSSR count). The number of primary amides is 1. The van der Waals surface area contributed by atoms with Crippen LogP contribution in [0.4, 0.5) is 5.69 Å². The quantitative estimate of drug-likeness (QED) is 0.365. The molecule has 0 unspecified atom stereocenters. The highest BCUT2D eigenvalue weighted by atomic mass is 16.5. The lowest BCUT2D eigenvalue weighted by atomic mass is 10.1. The molecule has 2 heterocycles. The van der Waals surface area contributed by atoms with E-state index >= 15 is 0 Å². The maximum atomic E-state index is 13.4. The SMILES string of the molecule is COc1cccc(-c2nn(-c3ccccc3)cc2C(=O)Nc2ccc(-n3ccc(C(N)=O)n3)cc2)c1. The molecule has 5 aromatic rings. The number of methoxy groups -OCH3 is 1. The van der Waals surface area contributed by atoms with Crippen molar-refractivity contribution in [2.75, 3.05) is 12.4 Å². The van der Waals surface area contributed by atoms with Crippen molar-refractivity contribution in [2.45, 2.75) is 0 Å². The fourth-order valence-corrected chi connectivity index (χ4v) is 3.73. The van der Waals surface area contributed by atoms with Crippen molar-refractivity contribution < 1.29 is 14.3 Å².